The molecule has 3 rings (SSSR count). The third-order valence-corrected chi connectivity index (χ3v) is 5.71. The number of carboxylic acid groups (broad SMARTS) is 1. The van der Waals surface area contributed by atoms with Crippen LogP contribution in [0, 0.1) is 0 Å². The maximum absolute atomic E-state index is 12.3. The number of ether oxygens (including phenoxy) is 1. The first-order chi connectivity index (χ1) is 10.6. The van der Waals surface area contributed by atoms with E-state index in [1.807, 2.05) is 0 Å². The highest BCUT2D eigenvalue weighted by Crippen LogP contribution is 2.38. The molecule has 0 radical (unpaired) electrons. The van der Waals surface area contributed by atoms with Gasteiger partial charge in [-0.15, -0.1) is 11.3 Å². The van der Waals surface area contributed by atoms with Crippen molar-refractivity contribution in [2.45, 2.75) is 56.6 Å². The second-order valence-electron chi connectivity index (χ2n) is 6.22. The molecule has 1 aromatic rings. The van der Waals surface area contributed by atoms with Crippen LogP contribution in [0.15, 0.2) is 12.1 Å². The van der Waals surface area contributed by atoms with Gasteiger partial charge in [0.2, 0.25) is 0 Å². The second-order valence-corrected chi connectivity index (χ2v) is 7.31. The molecule has 1 aliphatic carbocycles. The fourth-order valence-electron chi connectivity index (χ4n) is 3.53. The lowest BCUT2D eigenvalue weighted by Crippen LogP contribution is -2.49. The highest BCUT2D eigenvalue weighted by atomic mass is 32.1. The molecule has 1 spiro atoms. The van der Waals surface area contributed by atoms with E-state index < -0.39 is 5.97 Å². The summed E-state index contributed by atoms with van der Waals surface area (Å²) in [5.74, 6) is -1.16. The predicted octanol–water partition coefficient (Wildman–Crippen LogP) is 3.06. The van der Waals surface area contributed by atoms with Gasteiger partial charge in [-0.05, 0) is 37.8 Å². The summed E-state index contributed by atoms with van der Waals surface area (Å²) in [6, 6.07) is 3.18. The van der Waals surface area contributed by atoms with E-state index in [9.17, 15) is 9.59 Å². The molecule has 120 valence electrons. The van der Waals surface area contributed by atoms with Crippen molar-refractivity contribution in [3.63, 3.8) is 0 Å². The number of carbonyl (C=O) groups excluding carboxylic acids is 1. The van der Waals surface area contributed by atoms with E-state index in [-0.39, 0.29) is 22.4 Å². The van der Waals surface area contributed by atoms with Gasteiger partial charge < -0.3 is 15.2 Å². The summed E-state index contributed by atoms with van der Waals surface area (Å²) in [6.45, 7) is 0.690. The Morgan fingerprint density at radius 3 is 2.64 bits per heavy atom. The summed E-state index contributed by atoms with van der Waals surface area (Å²) in [5.41, 5.74) is -0.0455. The molecule has 1 amide bonds. The molecule has 6 heteroatoms. The number of aromatic carboxylic acids is 1. The number of hydrogen-bond acceptors (Lipinski definition) is 4. The lowest BCUT2D eigenvalue weighted by Gasteiger charge is -2.43. The van der Waals surface area contributed by atoms with Crippen LogP contribution in [0.1, 0.15) is 64.3 Å². The molecule has 1 aromatic heterocycles. The van der Waals surface area contributed by atoms with Crippen LogP contribution in [0.5, 0.6) is 0 Å². The molecule has 0 aromatic carbocycles. The van der Waals surface area contributed by atoms with Crippen molar-refractivity contribution in [1.29, 1.82) is 0 Å². The van der Waals surface area contributed by atoms with E-state index >= 15 is 0 Å². The minimum absolute atomic E-state index is 0.0455. The Bertz CT molecular complexity index is 557. The zero-order valence-corrected chi connectivity index (χ0v) is 13.3. The Balaban J connectivity index is 1.61. The van der Waals surface area contributed by atoms with Crippen LogP contribution in [0.25, 0.3) is 0 Å². The van der Waals surface area contributed by atoms with Gasteiger partial charge in [0.15, 0.2) is 0 Å². The monoisotopic (exact) mass is 323 g/mol. The molecular weight excluding hydrogens is 302 g/mol. The van der Waals surface area contributed by atoms with Crippen LogP contribution in [0.3, 0.4) is 0 Å². The molecule has 2 aliphatic rings. The summed E-state index contributed by atoms with van der Waals surface area (Å²) in [5, 5.41) is 12.0. The summed E-state index contributed by atoms with van der Waals surface area (Å²) in [4.78, 5) is 23.8. The normalized spacial score (nSPS) is 24.1. The van der Waals surface area contributed by atoms with E-state index in [0.717, 1.165) is 37.0 Å². The van der Waals surface area contributed by atoms with Gasteiger partial charge in [-0.25, -0.2) is 4.79 Å². The van der Waals surface area contributed by atoms with Crippen LogP contribution in [0.4, 0.5) is 0 Å². The molecule has 2 heterocycles. The van der Waals surface area contributed by atoms with E-state index in [1.165, 1.54) is 25.3 Å². The molecule has 1 atom stereocenters. The first kappa shape index (κ1) is 15.5. The number of hydrogen-bond donors (Lipinski definition) is 2. The molecule has 1 aliphatic heterocycles. The third kappa shape index (κ3) is 3.33. The molecule has 1 saturated carbocycles. The van der Waals surface area contributed by atoms with Crippen LogP contribution < -0.4 is 5.32 Å². The largest absolute Gasteiger partial charge is 0.477 e. The summed E-state index contributed by atoms with van der Waals surface area (Å²) in [7, 11) is 0. The molecule has 5 nitrogen and oxygen atoms in total. The lowest BCUT2D eigenvalue weighted by molar-refractivity contribution is -0.107. The van der Waals surface area contributed by atoms with Gasteiger partial charge >= 0.3 is 5.97 Å². The van der Waals surface area contributed by atoms with Crippen LogP contribution in [-0.2, 0) is 4.74 Å². The number of carboxylic acids is 1. The van der Waals surface area contributed by atoms with Crippen molar-refractivity contribution in [2.75, 3.05) is 6.61 Å². The summed E-state index contributed by atoms with van der Waals surface area (Å²) in [6.07, 6.45) is 7.54. The third-order valence-electron chi connectivity index (χ3n) is 4.63. The van der Waals surface area contributed by atoms with Gasteiger partial charge in [0, 0.05) is 12.6 Å². The number of rotatable bonds is 3. The zero-order valence-electron chi connectivity index (χ0n) is 12.5. The molecular formula is C16H21NO4S. The number of amides is 1. The first-order valence-corrected chi connectivity index (χ1v) is 8.68. The van der Waals surface area contributed by atoms with Crippen molar-refractivity contribution >= 4 is 23.2 Å². The number of thiophene rings is 1. The lowest BCUT2D eigenvalue weighted by atomic mass is 9.78. The Labute approximate surface area is 133 Å². The van der Waals surface area contributed by atoms with Crippen molar-refractivity contribution < 1.29 is 19.4 Å². The molecule has 1 unspecified atom stereocenters. The molecule has 22 heavy (non-hydrogen) atoms. The highest BCUT2D eigenvalue weighted by Gasteiger charge is 2.39. The standard InChI is InChI=1S/C16H21NO4S/c18-14(12-4-5-13(22-12)15(19)20)17-11-6-9-21-16(10-11)7-2-1-3-8-16/h4-5,11H,1-3,6-10H2,(H,17,18)(H,19,20). The van der Waals surface area contributed by atoms with Gasteiger partial charge in [-0.2, -0.15) is 0 Å². The van der Waals surface area contributed by atoms with Crippen LogP contribution in [-0.4, -0.2) is 35.2 Å². The van der Waals surface area contributed by atoms with Crippen molar-refractivity contribution in [1.82, 2.24) is 5.32 Å². The Hall–Kier alpha value is -1.40. The minimum atomic E-state index is -0.990. The quantitative estimate of drug-likeness (QED) is 0.896. The van der Waals surface area contributed by atoms with Gasteiger partial charge in [-0.1, -0.05) is 19.3 Å². The Morgan fingerprint density at radius 1 is 1.23 bits per heavy atom. The fraction of sp³-hybridized carbons (Fsp3) is 0.625. The average molecular weight is 323 g/mol. The number of nitrogens with one attached hydrogen (secondary N) is 1. The van der Waals surface area contributed by atoms with Gasteiger partial charge in [-0.3, -0.25) is 4.79 Å². The predicted molar refractivity (Wildman–Crippen MR) is 83.5 cm³/mol. The first-order valence-electron chi connectivity index (χ1n) is 7.86. The molecule has 2 N–H and O–H groups in total. The van der Waals surface area contributed by atoms with E-state index in [0.29, 0.717) is 11.5 Å². The highest BCUT2D eigenvalue weighted by molar-refractivity contribution is 7.15. The Morgan fingerprint density at radius 2 is 1.95 bits per heavy atom. The van der Waals surface area contributed by atoms with Gasteiger partial charge in [0.1, 0.15) is 4.88 Å². The summed E-state index contributed by atoms with van der Waals surface area (Å²) >= 11 is 1.02. The molecule has 2 fully saturated rings. The fourth-order valence-corrected chi connectivity index (χ4v) is 4.27. The molecule has 1 saturated heterocycles. The van der Waals surface area contributed by atoms with E-state index in [1.54, 1.807) is 6.07 Å². The van der Waals surface area contributed by atoms with Crippen molar-refractivity contribution in [2.24, 2.45) is 0 Å². The van der Waals surface area contributed by atoms with E-state index in [2.05, 4.69) is 5.32 Å². The van der Waals surface area contributed by atoms with Gasteiger partial charge in [0.05, 0.1) is 10.5 Å². The van der Waals surface area contributed by atoms with Crippen molar-refractivity contribution in [3.8, 4) is 0 Å². The van der Waals surface area contributed by atoms with Gasteiger partial charge in [0.25, 0.3) is 5.91 Å². The Kier molecular flexibility index (Phi) is 4.49. The number of carbonyl (C=O) groups is 2. The van der Waals surface area contributed by atoms with E-state index in [4.69, 9.17) is 9.84 Å². The SMILES string of the molecule is O=C(O)c1ccc(C(=O)NC2CCOC3(CCCCC3)C2)s1. The maximum atomic E-state index is 12.3. The van der Waals surface area contributed by atoms with Crippen LogP contribution in [0.2, 0.25) is 0 Å². The summed E-state index contributed by atoms with van der Waals surface area (Å²) < 4.78 is 6.03. The zero-order chi connectivity index (χ0) is 15.6. The van der Waals surface area contributed by atoms with Crippen LogP contribution >= 0.6 is 11.3 Å². The topological polar surface area (TPSA) is 75.6 Å². The average Bonchev–Trinajstić information content (AvgIpc) is 2.98. The maximum Gasteiger partial charge on any atom is 0.345 e. The minimum Gasteiger partial charge on any atom is -0.477 e. The smallest absolute Gasteiger partial charge is 0.345 e. The van der Waals surface area contributed by atoms with Crippen molar-refractivity contribution in [3.05, 3.63) is 21.9 Å². The molecule has 0 bridgehead atoms. The second kappa shape index (κ2) is 6.38.